The minimum atomic E-state index is -4.13. The Morgan fingerprint density at radius 3 is 2.62 bits per heavy atom. The van der Waals surface area contributed by atoms with Gasteiger partial charge in [0.25, 0.3) is 5.56 Å². The molecule has 0 radical (unpaired) electrons. The number of piperidine rings is 1. The first-order valence-corrected chi connectivity index (χ1v) is 15.3. The van der Waals surface area contributed by atoms with Crippen molar-refractivity contribution >= 4 is 32.7 Å². The Morgan fingerprint density at radius 1 is 1.12 bits per heavy atom. The van der Waals surface area contributed by atoms with Crippen LogP contribution in [0.2, 0.25) is 0 Å². The van der Waals surface area contributed by atoms with E-state index in [1.165, 1.54) is 34.9 Å². The van der Waals surface area contributed by atoms with Crippen LogP contribution < -0.4 is 20.9 Å². The van der Waals surface area contributed by atoms with E-state index in [9.17, 15) is 22.0 Å². The lowest BCUT2D eigenvalue weighted by molar-refractivity contribution is 0.254. The zero-order valence-electron chi connectivity index (χ0n) is 23.1. The van der Waals surface area contributed by atoms with Gasteiger partial charge in [0.05, 0.1) is 11.4 Å². The van der Waals surface area contributed by atoms with Gasteiger partial charge in [0, 0.05) is 54.3 Å². The third kappa shape index (κ3) is 6.41. The molecule has 3 unspecified atom stereocenters. The van der Waals surface area contributed by atoms with Crippen LogP contribution in [0, 0.1) is 11.6 Å². The summed E-state index contributed by atoms with van der Waals surface area (Å²) in [5, 5.41) is 6.69. The van der Waals surface area contributed by atoms with Crippen molar-refractivity contribution < 1.29 is 21.6 Å². The monoisotopic (exact) mass is 600 g/mol. The summed E-state index contributed by atoms with van der Waals surface area (Å²) >= 11 is 0. The molecule has 1 aliphatic heterocycles. The predicted octanol–water partition coefficient (Wildman–Crippen LogP) is 4.76. The summed E-state index contributed by atoms with van der Waals surface area (Å²) in [7, 11) is -4.13. The van der Waals surface area contributed by atoms with Crippen LogP contribution in [0.4, 0.5) is 24.8 Å². The molecule has 0 spiro atoms. The number of rotatable bonds is 9. The van der Waals surface area contributed by atoms with Gasteiger partial charge in [-0.3, -0.25) is 14.1 Å². The Kier molecular flexibility index (Phi) is 8.50. The molecule has 0 aliphatic carbocycles. The van der Waals surface area contributed by atoms with E-state index in [0.29, 0.717) is 37.0 Å². The lowest BCUT2D eigenvalue weighted by Gasteiger charge is -2.26. The molecule has 5 rings (SSSR count). The van der Waals surface area contributed by atoms with E-state index in [4.69, 9.17) is 0 Å². The van der Waals surface area contributed by atoms with Gasteiger partial charge in [0.2, 0.25) is 16.0 Å². The van der Waals surface area contributed by atoms with Gasteiger partial charge in [-0.1, -0.05) is 31.2 Å². The summed E-state index contributed by atoms with van der Waals surface area (Å²) in [4.78, 5) is 22.7. The number of fused-ring (bicyclic) bond motifs is 1. The average molecular weight is 601 g/mol. The van der Waals surface area contributed by atoms with Crippen LogP contribution in [-0.2, 0) is 15.8 Å². The highest BCUT2D eigenvalue weighted by Gasteiger charge is 2.23. The maximum atomic E-state index is 15.2. The molecule has 13 heteroatoms. The molecule has 42 heavy (non-hydrogen) atoms. The molecule has 222 valence electrons. The van der Waals surface area contributed by atoms with Crippen LogP contribution >= 0.6 is 0 Å². The molecule has 1 aliphatic rings. The van der Waals surface area contributed by atoms with Crippen LogP contribution in [0.15, 0.2) is 59.5 Å². The van der Waals surface area contributed by atoms with Crippen molar-refractivity contribution in [1.29, 1.82) is 0 Å². The molecule has 3 heterocycles. The molecule has 9 nitrogen and oxygen atoms in total. The largest absolute Gasteiger partial charge is 0.350 e. The summed E-state index contributed by atoms with van der Waals surface area (Å²) in [5.41, 5.74) is 0.0175. The van der Waals surface area contributed by atoms with Gasteiger partial charge >= 0.3 is 0 Å². The molecule has 0 amide bonds. The highest BCUT2D eigenvalue weighted by molar-refractivity contribution is 7.91. The first-order chi connectivity index (χ1) is 20.0. The first-order valence-electron chi connectivity index (χ1n) is 13.6. The predicted molar refractivity (Wildman–Crippen MR) is 157 cm³/mol. The topological polar surface area (TPSA) is 118 Å². The normalized spacial score (nSPS) is 18.1. The molecule has 2 aromatic heterocycles. The standard InChI is InChI=1S/C29H31F3N6O3S/c1-3-17(2)38-27-20(13-34-29(36-27)35-22-12-21(30)14-33-15-22)10-23(28(38)39)18-8-9-26(25(32)11-18)37-42(40,41)16-19-6-4-5-7-24(19)31/h4-11,13,17,21-22,33,37H,3,12,14-16H2,1-2H3,(H,34,35,36). The second-order valence-electron chi connectivity index (χ2n) is 10.4. The number of hydrogen-bond acceptors (Lipinski definition) is 7. The number of nitrogens with one attached hydrogen (secondary N) is 3. The van der Waals surface area contributed by atoms with E-state index < -0.39 is 39.1 Å². The van der Waals surface area contributed by atoms with E-state index in [2.05, 4.69) is 25.3 Å². The molecule has 4 aromatic rings. The first kappa shape index (κ1) is 29.5. The number of aromatic nitrogens is 3. The molecule has 1 saturated heterocycles. The Bertz CT molecular complexity index is 1780. The van der Waals surface area contributed by atoms with Crippen LogP contribution in [0.25, 0.3) is 22.2 Å². The van der Waals surface area contributed by atoms with Crippen molar-refractivity contribution in [3.8, 4) is 11.1 Å². The van der Waals surface area contributed by atoms with Crippen molar-refractivity contribution in [2.24, 2.45) is 0 Å². The van der Waals surface area contributed by atoms with Crippen molar-refractivity contribution in [2.45, 2.75) is 50.7 Å². The third-order valence-electron chi connectivity index (χ3n) is 7.28. The van der Waals surface area contributed by atoms with Crippen LogP contribution in [0.3, 0.4) is 0 Å². The van der Waals surface area contributed by atoms with Gasteiger partial charge in [0.1, 0.15) is 23.5 Å². The highest BCUT2D eigenvalue weighted by atomic mass is 32.2. The second kappa shape index (κ2) is 12.1. The van der Waals surface area contributed by atoms with Crippen molar-refractivity contribution in [2.75, 3.05) is 23.1 Å². The van der Waals surface area contributed by atoms with Gasteiger partial charge < -0.3 is 10.6 Å². The number of hydrogen-bond donors (Lipinski definition) is 3. The Labute approximate surface area is 241 Å². The van der Waals surface area contributed by atoms with E-state index in [0.717, 1.165) is 12.1 Å². The number of nitrogens with zero attached hydrogens (tertiary/aromatic N) is 3. The molecule has 3 N–H and O–H groups in total. The average Bonchev–Trinajstić information content (AvgIpc) is 2.94. The summed E-state index contributed by atoms with van der Waals surface area (Å²) in [6.07, 6.45) is 1.49. The lowest BCUT2D eigenvalue weighted by Crippen LogP contribution is -2.44. The number of sulfonamides is 1. The number of pyridine rings is 1. The molecule has 0 bridgehead atoms. The zero-order chi connectivity index (χ0) is 30.0. The molecule has 0 saturated carbocycles. The number of halogens is 3. The maximum absolute atomic E-state index is 15.2. The molecule has 1 fully saturated rings. The Hall–Kier alpha value is -3.97. The summed E-state index contributed by atoms with van der Waals surface area (Å²) in [6.45, 7) is 4.65. The van der Waals surface area contributed by atoms with E-state index in [1.807, 2.05) is 13.8 Å². The second-order valence-corrected chi connectivity index (χ2v) is 12.2. The van der Waals surface area contributed by atoms with Crippen LogP contribution in [0.5, 0.6) is 0 Å². The van der Waals surface area contributed by atoms with Crippen molar-refractivity contribution in [3.05, 3.63) is 82.3 Å². The fourth-order valence-corrected chi connectivity index (χ4v) is 6.18. The van der Waals surface area contributed by atoms with E-state index >= 15 is 4.39 Å². The van der Waals surface area contributed by atoms with Gasteiger partial charge in [-0.2, -0.15) is 4.98 Å². The Balaban J connectivity index is 1.47. The maximum Gasteiger partial charge on any atom is 0.260 e. The summed E-state index contributed by atoms with van der Waals surface area (Å²) in [5.74, 6) is -1.99. The van der Waals surface area contributed by atoms with Crippen molar-refractivity contribution in [3.63, 3.8) is 0 Å². The molecular weight excluding hydrogens is 569 g/mol. The van der Waals surface area contributed by atoms with Gasteiger partial charge in [0.15, 0.2) is 0 Å². The quantitative estimate of drug-likeness (QED) is 0.254. The van der Waals surface area contributed by atoms with E-state index in [1.54, 1.807) is 12.3 Å². The van der Waals surface area contributed by atoms with Gasteiger partial charge in [-0.15, -0.1) is 0 Å². The fraction of sp³-hybridized carbons (Fsp3) is 0.345. The molecule has 2 aromatic carbocycles. The number of benzene rings is 2. The fourth-order valence-electron chi connectivity index (χ4n) is 4.96. The highest BCUT2D eigenvalue weighted by Crippen LogP contribution is 2.27. The Morgan fingerprint density at radius 2 is 1.90 bits per heavy atom. The smallest absolute Gasteiger partial charge is 0.260 e. The number of anilines is 2. The SMILES string of the molecule is CCC(C)n1c(=O)c(-c2ccc(NS(=O)(=O)Cc3ccccc3F)c(F)c2)cc2cnc(NC3CNCC(F)C3)nc21. The number of alkyl halides is 1. The van der Waals surface area contributed by atoms with Gasteiger partial charge in [-0.25, -0.2) is 26.6 Å². The third-order valence-corrected chi connectivity index (χ3v) is 8.51. The van der Waals surface area contributed by atoms with Gasteiger partial charge in [-0.05, 0) is 43.2 Å². The summed E-state index contributed by atoms with van der Waals surface area (Å²) in [6, 6.07) is 10.3. The van der Waals surface area contributed by atoms with Crippen LogP contribution in [0.1, 0.15) is 38.3 Å². The summed E-state index contributed by atoms with van der Waals surface area (Å²) < 4.78 is 71.9. The molecular formula is C29H31F3N6O3S. The zero-order valence-corrected chi connectivity index (χ0v) is 23.9. The lowest BCUT2D eigenvalue weighted by atomic mass is 10.0. The van der Waals surface area contributed by atoms with Crippen molar-refractivity contribution in [1.82, 2.24) is 19.9 Å². The van der Waals surface area contributed by atoms with Crippen LogP contribution in [-0.4, -0.2) is 48.3 Å². The van der Waals surface area contributed by atoms with E-state index in [-0.39, 0.29) is 40.4 Å². The minimum absolute atomic E-state index is 0.0496. The molecule has 3 atom stereocenters. The minimum Gasteiger partial charge on any atom is -0.350 e.